The molecule has 2 N–H and O–H groups in total. The number of carbonyl (C=O) groups is 2. The number of nitrogens with one attached hydrogen (secondary N) is 1. The first-order chi connectivity index (χ1) is 14.9. The summed E-state index contributed by atoms with van der Waals surface area (Å²) in [6.45, 7) is 0.285. The highest BCUT2D eigenvalue weighted by Crippen LogP contribution is 2.43. The molecule has 1 atom stereocenters. The fourth-order valence-corrected chi connectivity index (χ4v) is 4.90. The number of hydrogen-bond donors (Lipinski definition) is 2. The van der Waals surface area contributed by atoms with E-state index in [2.05, 4.69) is 5.32 Å². The van der Waals surface area contributed by atoms with Crippen LogP contribution < -0.4 is 5.32 Å². The lowest BCUT2D eigenvalue weighted by molar-refractivity contribution is -0.384. The summed E-state index contributed by atoms with van der Waals surface area (Å²) in [7, 11) is 0. The minimum absolute atomic E-state index is 0.0000836. The quantitative estimate of drug-likeness (QED) is 0.519. The molecule has 0 spiro atoms. The molecule has 2 aromatic carbocycles. The van der Waals surface area contributed by atoms with E-state index < -0.39 is 22.5 Å². The normalized spacial score (nSPS) is 19.9. The largest absolute Gasteiger partial charge is 0.481 e. The van der Waals surface area contributed by atoms with Crippen molar-refractivity contribution >= 4 is 23.3 Å². The van der Waals surface area contributed by atoms with Gasteiger partial charge in [0.05, 0.1) is 16.9 Å². The average molecular weight is 423 g/mol. The Morgan fingerprint density at radius 2 is 1.90 bits per heavy atom. The lowest BCUT2D eigenvalue weighted by Gasteiger charge is -2.45. The van der Waals surface area contributed by atoms with Gasteiger partial charge in [-0.3, -0.25) is 19.7 Å². The van der Waals surface area contributed by atoms with E-state index in [-0.39, 0.29) is 24.6 Å². The molecule has 1 fully saturated rings. The highest BCUT2D eigenvalue weighted by Gasteiger charge is 2.42. The van der Waals surface area contributed by atoms with Crippen molar-refractivity contribution < 1.29 is 19.6 Å². The van der Waals surface area contributed by atoms with Gasteiger partial charge in [-0.25, -0.2) is 0 Å². The number of non-ortho nitro benzene ring substituents is 1. The molecule has 1 unspecified atom stereocenters. The Balaban J connectivity index is 1.76. The van der Waals surface area contributed by atoms with Crippen LogP contribution in [0.1, 0.15) is 60.6 Å². The number of nitro benzene ring substituents is 1. The lowest BCUT2D eigenvalue weighted by Crippen LogP contribution is -2.49. The van der Waals surface area contributed by atoms with Crippen molar-refractivity contribution in [3.63, 3.8) is 0 Å². The lowest BCUT2D eigenvalue weighted by atomic mass is 9.71. The second-order valence-corrected chi connectivity index (χ2v) is 8.51. The van der Waals surface area contributed by atoms with Crippen LogP contribution in [0.3, 0.4) is 0 Å². The van der Waals surface area contributed by atoms with E-state index in [9.17, 15) is 24.8 Å². The van der Waals surface area contributed by atoms with E-state index in [1.54, 1.807) is 29.2 Å². The van der Waals surface area contributed by atoms with Gasteiger partial charge in [0.15, 0.2) is 0 Å². The van der Waals surface area contributed by atoms with Crippen LogP contribution in [0.25, 0.3) is 0 Å². The molecule has 8 heteroatoms. The van der Waals surface area contributed by atoms with Crippen LogP contribution in [0.5, 0.6) is 0 Å². The molecule has 0 aromatic heterocycles. The maximum absolute atomic E-state index is 13.5. The predicted octanol–water partition coefficient (Wildman–Crippen LogP) is 4.59. The average Bonchev–Trinajstić information content (AvgIpc) is 2.76. The van der Waals surface area contributed by atoms with Crippen molar-refractivity contribution in [3.8, 4) is 0 Å². The van der Waals surface area contributed by atoms with Crippen molar-refractivity contribution in [2.24, 2.45) is 5.41 Å². The molecule has 0 saturated heterocycles. The van der Waals surface area contributed by atoms with Gasteiger partial charge in [-0.05, 0) is 30.4 Å². The fraction of sp³-hybridized carbons (Fsp3) is 0.391. The highest BCUT2D eigenvalue weighted by atomic mass is 16.6. The van der Waals surface area contributed by atoms with Crippen molar-refractivity contribution in [2.45, 2.75) is 44.7 Å². The molecule has 162 valence electrons. The summed E-state index contributed by atoms with van der Waals surface area (Å²) in [5.41, 5.74) is 1.22. The molecule has 8 nitrogen and oxygen atoms in total. The SMILES string of the molecule is O=C(O)CC1(CN2C(=O)c3ccccc3NC2c2cccc([N+](=O)[O-])c2)CCCCC1. The number of carbonyl (C=O) groups excluding carboxylic acids is 1. The number of amides is 1. The summed E-state index contributed by atoms with van der Waals surface area (Å²) in [4.78, 5) is 37.7. The van der Waals surface area contributed by atoms with Gasteiger partial charge in [0.1, 0.15) is 6.17 Å². The van der Waals surface area contributed by atoms with E-state index in [0.717, 1.165) is 32.1 Å². The Kier molecular flexibility index (Phi) is 5.63. The zero-order valence-electron chi connectivity index (χ0n) is 17.1. The van der Waals surface area contributed by atoms with Gasteiger partial charge < -0.3 is 15.3 Å². The van der Waals surface area contributed by atoms with E-state index in [1.165, 1.54) is 12.1 Å². The van der Waals surface area contributed by atoms with Crippen LogP contribution in [0.4, 0.5) is 11.4 Å². The van der Waals surface area contributed by atoms with E-state index in [1.807, 2.05) is 12.1 Å². The molecular weight excluding hydrogens is 398 g/mol. The summed E-state index contributed by atoms with van der Waals surface area (Å²) < 4.78 is 0. The van der Waals surface area contributed by atoms with Crippen LogP contribution >= 0.6 is 0 Å². The number of aliphatic carboxylic acids is 1. The van der Waals surface area contributed by atoms with Crippen LogP contribution in [0.15, 0.2) is 48.5 Å². The molecule has 2 aromatic rings. The van der Waals surface area contributed by atoms with E-state index in [4.69, 9.17) is 0 Å². The third-order valence-corrected chi connectivity index (χ3v) is 6.37. The molecule has 31 heavy (non-hydrogen) atoms. The van der Waals surface area contributed by atoms with Gasteiger partial charge in [-0.1, -0.05) is 43.5 Å². The Morgan fingerprint density at radius 3 is 2.61 bits per heavy atom. The van der Waals surface area contributed by atoms with Crippen LogP contribution in [0.2, 0.25) is 0 Å². The third kappa shape index (κ3) is 4.23. The number of carboxylic acids is 1. The molecule has 0 bridgehead atoms. The number of nitrogens with zero attached hydrogens (tertiary/aromatic N) is 2. The zero-order valence-corrected chi connectivity index (χ0v) is 17.1. The topological polar surface area (TPSA) is 113 Å². The predicted molar refractivity (Wildman–Crippen MR) is 115 cm³/mol. The summed E-state index contributed by atoms with van der Waals surface area (Å²) >= 11 is 0. The van der Waals surface area contributed by atoms with Gasteiger partial charge in [0.2, 0.25) is 0 Å². The Bertz CT molecular complexity index is 1020. The van der Waals surface area contributed by atoms with Crippen molar-refractivity contribution in [1.29, 1.82) is 0 Å². The number of carboxylic acid groups (broad SMARTS) is 1. The van der Waals surface area contributed by atoms with Crippen molar-refractivity contribution in [2.75, 3.05) is 11.9 Å². The first-order valence-corrected chi connectivity index (χ1v) is 10.5. The molecule has 4 rings (SSSR count). The third-order valence-electron chi connectivity index (χ3n) is 6.37. The van der Waals surface area contributed by atoms with Crippen LogP contribution in [0, 0.1) is 15.5 Å². The van der Waals surface area contributed by atoms with Gasteiger partial charge in [0.25, 0.3) is 11.6 Å². The number of benzene rings is 2. The van der Waals surface area contributed by atoms with Crippen LogP contribution in [-0.2, 0) is 4.79 Å². The highest BCUT2D eigenvalue weighted by molar-refractivity contribution is 6.01. The number of hydrogen-bond acceptors (Lipinski definition) is 5. The number of anilines is 1. The maximum atomic E-state index is 13.5. The second kappa shape index (κ2) is 8.37. The molecular formula is C23H25N3O5. The van der Waals surface area contributed by atoms with E-state index in [0.29, 0.717) is 16.8 Å². The van der Waals surface area contributed by atoms with Crippen molar-refractivity contribution in [1.82, 2.24) is 4.90 Å². The fourth-order valence-electron chi connectivity index (χ4n) is 4.90. The first-order valence-electron chi connectivity index (χ1n) is 10.5. The zero-order chi connectivity index (χ0) is 22.0. The minimum atomic E-state index is -0.869. The monoisotopic (exact) mass is 423 g/mol. The molecule has 2 aliphatic rings. The second-order valence-electron chi connectivity index (χ2n) is 8.51. The summed E-state index contributed by atoms with van der Waals surface area (Å²) in [5, 5.41) is 24.2. The summed E-state index contributed by atoms with van der Waals surface area (Å²) in [5.74, 6) is -1.06. The maximum Gasteiger partial charge on any atom is 0.303 e. The molecule has 1 saturated carbocycles. The van der Waals surface area contributed by atoms with Gasteiger partial charge in [-0.15, -0.1) is 0 Å². The van der Waals surface area contributed by atoms with Gasteiger partial charge >= 0.3 is 5.97 Å². The Morgan fingerprint density at radius 1 is 1.16 bits per heavy atom. The number of para-hydroxylation sites is 1. The Hall–Kier alpha value is -3.42. The standard InChI is InChI=1S/C23H25N3O5/c27-20(28)14-23(11-4-1-5-12-23)15-25-21(16-7-6-8-17(13-16)26(30)31)24-19-10-3-2-9-18(19)22(25)29/h2-3,6-10,13,21,24H,1,4-5,11-12,14-15H2,(H,27,28). The molecule has 1 amide bonds. The molecule has 1 aliphatic heterocycles. The number of fused-ring (bicyclic) bond motifs is 1. The number of rotatable bonds is 6. The summed E-state index contributed by atoms with van der Waals surface area (Å²) in [6, 6.07) is 13.4. The van der Waals surface area contributed by atoms with Crippen LogP contribution in [-0.4, -0.2) is 33.4 Å². The molecule has 1 heterocycles. The molecule has 1 aliphatic carbocycles. The van der Waals surface area contributed by atoms with Gasteiger partial charge in [0, 0.05) is 29.9 Å². The van der Waals surface area contributed by atoms with E-state index >= 15 is 0 Å². The first kappa shape index (κ1) is 20.8. The van der Waals surface area contributed by atoms with Gasteiger partial charge in [-0.2, -0.15) is 0 Å². The Labute approximate surface area is 180 Å². The summed E-state index contributed by atoms with van der Waals surface area (Å²) in [6.07, 6.45) is 3.79. The van der Waals surface area contributed by atoms with Crippen molar-refractivity contribution in [3.05, 3.63) is 69.8 Å². The smallest absolute Gasteiger partial charge is 0.303 e. The number of nitro groups is 1. The minimum Gasteiger partial charge on any atom is -0.481 e. The molecule has 0 radical (unpaired) electrons.